The fraction of sp³-hybridized carbons (Fsp3) is 0.381. The molecule has 2 aromatic carbocycles. The molecule has 0 saturated carbocycles. The number of carbonyl (C=O) groups excluding carboxylic acids is 1. The monoisotopic (exact) mass is 341 g/mol. The van der Waals surface area contributed by atoms with Gasteiger partial charge in [0.15, 0.2) is 0 Å². The van der Waals surface area contributed by atoms with Crippen molar-refractivity contribution >= 4 is 5.78 Å². The summed E-state index contributed by atoms with van der Waals surface area (Å²) < 4.78 is 18.4. The van der Waals surface area contributed by atoms with E-state index in [1.807, 2.05) is 12.1 Å². The Balaban J connectivity index is 1.77. The number of carbonyl (C=O) groups is 1. The van der Waals surface area contributed by atoms with Gasteiger partial charge in [0.2, 0.25) is 0 Å². The maximum absolute atomic E-state index is 13.2. The van der Waals surface area contributed by atoms with E-state index in [4.69, 9.17) is 4.74 Å². The summed E-state index contributed by atoms with van der Waals surface area (Å²) in [7, 11) is 1.66. The fourth-order valence-corrected chi connectivity index (χ4v) is 3.52. The molecule has 2 aromatic rings. The largest absolute Gasteiger partial charge is 0.497 e. The van der Waals surface area contributed by atoms with Crippen molar-refractivity contribution in [2.24, 2.45) is 5.92 Å². The topological polar surface area (TPSA) is 29.5 Å². The highest BCUT2D eigenvalue weighted by Crippen LogP contribution is 2.30. The molecule has 0 amide bonds. The van der Waals surface area contributed by atoms with Gasteiger partial charge in [-0.05, 0) is 41.8 Å². The van der Waals surface area contributed by atoms with Crippen molar-refractivity contribution in [1.82, 2.24) is 4.90 Å². The van der Waals surface area contributed by atoms with Crippen molar-refractivity contribution in [3.63, 3.8) is 0 Å². The first-order valence-electron chi connectivity index (χ1n) is 8.75. The Bertz CT molecular complexity index is 712. The summed E-state index contributed by atoms with van der Waals surface area (Å²) in [5.41, 5.74) is 2.10. The Labute approximate surface area is 148 Å². The molecule has 132 valence electrons. The molecular weight excluding hydrogens is 317 g/mol. The van der Waals surface area contributed by atoms with Crippen LogP contribution in [0.1, 0.15) is 30.4 Å². The molecule has 0 radical (unpaired) electrons. The molecule has 3 nitrogen and oxygen atoms in total. The average Bonchev–Trinajstić information content (AvgIpc) is 2.64. The van der Waals surface area contributed by atoms with Gasteiger partial charge >= 0.3 is 0 Å². The normalized spacial score (nSPS) is 21.3. The van der Waals surface area contributed by atoms with Crippen LogP contribution in [-0.2, 0) is 11.3 Å². The van der Waals surface area contributed by atoms with E-state index in [0.717, 1.165) is 30.8 Å². The molecule has 4 heteroatoms. The smallest absolute Gasteiger partial charge is 0.145 e. The number of nitrogens with zero attached hydrogens (tertiary/aromatic N) is 1. The Hall–Kier alpha value is -2.20. The Morgan fingerprint density at radius 1 is 1.08 bits per heavy atom. The number of benzene rings is 2. The number of halogens is 1. The summed E-state index contributed by atoms with van der Waals surface area (Å²) in [6, 6.07) is 14.4. The van der Waals surface area contributed by atoms with Crippen molar-refractivity contribution in [1.29, 1.82) is 0 Å². The third kappa shape index (κ3) is 4.07. The highest BCUT2D eigenvalue weighted by Gasteiger charge is 2.35. The maximum atomic E-state index is 13.2. The first kappa shape index (κ1) is 17.6. The molecule has 0 spiro atoms. The number of rotatable bonds is 5. The van der Waals surface area contributed by atoms with Gasteiger partial charge in [0, 0.05) is 25.6 Å². The molecule has 1 saturated heterocycles. The average molecular weight is 341 g/mol. The van der Waals surface area contributed by atoms with E-state index in [1.54, 1.807) is 19.2 Å². The molecule has 3 rings (SSSR count). The molecule has 1 fully saturated rings. The standard InChI is InChI=1S/C21H24FNO2/c1-3-16-13-23(12-15-4-10-19(25-2)11-5-15)14-20(21(16)24)17-6-8-18(22)9-7-17/h4-11,16,20H,3,12-14H2,1-2H3. The number of hydrogen-bond acceptors (Lipinski definition) is 3. The van der Waals surface area contributed by atoms with E-state index < -0.39 is 0 Å². The van der Waals surface area contributed by atoms with Crippen LogP contribution in [0.4, 0.5) is 4.39 Å². The van der Waals surface area contributed by atoms with Gasteiger partial charge in [0.25, 0.3) is 0 Å². The zero-order valence-corrected chi connectivity index (χ0v) is 14.7. The summed E-state index contributed by atoms with van der Waals surface area (Å²) >= 11 is 0. The predicted octanol–water partition coefficient (Wildman–Crippen LogP) is 4.03. The lowest BCUT2D eigenvalue weighted by molar-refractivity contribution is -0.128. The number of ether oxygens (including phenoxy) is 1. The number of Topliss-reactive ketones (excluding diaryl/α,β-unsaturated/α-hetero) is 1. The van der Waals surface area contributed by atoms with Crippen LogP contribution in [0.25, 0.3) is 0 Å². The molecule has 2 unspecified atom stereocenters. The molecule has 0 N–H and O–H groups in total. The summed E-state index contributed by atoms with van der Waals surface area (Å²) in [6.45, 7) is 4.30. The first-order chi connectivity index (χ1) is 12.1. The van der Waals surface area contributed by atoms with Crippen LogP contribution in [0.5, 0.6) is 5.75 Å². The second kappa shape index (κ2) is 7.79. The summed E-state index contributed by atoms with van der Waals surface area (Å²) in [4.78, 5) is 15.1. The van der Waals surface area contributed by atoms with Gasteiger partial charge < -0.3 is 4.74 Å². The van der Waals surface area contributed by atoms with Crippen LogP contribution in [0.15, 0.2) is 48.5 Å². The quantitative estimate of drug-likeness (QED) is 0.822. The molecule has 1 aliphatic rings. The minimum absolute atomic E-state index is 0.0297. The van der Waals surface area contributed by atoms with Gasteiger partial charge in [0.05, 0.1) is 13.0 Å². The summed E-state index contributed by atoms with van der Waals surface area (Å²) in [5, 5.41) is 0. The van der Waals surface area contributed by atoms with E-state index in [2.05, 4.69) is 24.0 Å². The van der Waals surface area contributed by atoms with Gasteiger partial charge in [-0.2, -0.15) is 0 Å². The number of hydrogen-bond donors (Lipinski definition) is 0. The van der Waals surface area contributed by atoms with Gasteiger partial charge in [-0.15, -0.1) is 0 Å². The minimum Gasteiger partial charge on any atom is -0.497 e. The zero-order valence-electron chi connectivity index (χ0n) is 14.7. The highest BCUT2D eigenvalue weighted by molar-refractivity contribution is 5.89. The zero-order chi connectivity index (χ0) is 17.8. The second-order valence-corrected chi connectivity index (χ2v) is 6.65. The van der Waals surface area contributed by atoms with Gasteiger partial charge in [-0.25, -0.2) is 4.39 Å². The number of methoxy groups -OCH3 is 1. The van der Waals surface area contributed by atoms with Crippen LogP contribution in [-0.4, -0.2) is 30.9 Å². The third-order valence-corrected chi connectivity index (χ3v) is 5.00. The van der Waals surface area contributed by atoms with Crippen molar-refractivity contribution in [3.05, 3.63) is 65.5 Å². The van der Waals surface area contributed by atoms with Crippen LogP contribution < -0.4 is 4.74 Å². The number of ketones is 1. The van der Waals surface area contributed by atoms with Crippen molar-refractivity contribution in [3.8, 4) is 5.75 Å². The van der Waals surface area contributed by atoms with Crippen molar-refractivity contribution in [2.45, 2.75) is 25.8 Å². The van der Waals surface area contributed by atoms with Gasteiger partial charge in [0.1, 0.15) is 17.3 Å². The Kier molecular flexibility index (Phi) is 5.49. The summed E-state index contributed by atoms with van der Waals surface area (Å²) in [5.74, 6) is 0.696. The molecule has 25 heavy (non-hydrogen) atoms. The lowest BCUT2D eigenvalue weighted by Crippen LogP contribution is -2.45. The van der Waals surface area contributed by atoms with E-state index in [1.165, 1.54) is 17.7 Å². The lowest BCUT2D eigenvalue weighted by atomic mass is 9.82. The number of likely N-dealkylation sites (tertiary alicyclic amines) is 1. The van der Waals surface area contributed by atoms with Crippen LogP contribution >= 0.6 is 0 Å². The lowest BCUT2D eigenvalue weighted by Gasteiger charge is -2.36. The molecule has 0 bridgehead atoms. The maximum Gasteiger partial charge on any atom is 0.145 e. The van der Waals surface area contributed by atoms with Crippen LogP contribution in [0, 0.1) is 11.7 Å². The van der Waals surface area contributed by atoms with Gasteiger partial charge in [-0.3, -0.25) is 9.69 Å². The van der Waals surface area contributed by atoms with Crippen molar-refractivity contribution < 1.29 is 13.9 Å². The SMILES string of the molecule is CCC1CN(Cc2ccc(OC)cc2)CC(c2ccc(F)cc2)C1=O. The Morgan fingerprint density at radius 3 is 2.36 bits per heavy atom. The second-order valence-electron chi connectivity index (χ2n) is 6.65. The van der Waals surface area contributed by atoms with E-state index in [-0.39, 0.29) is 23.4 Å². The molecule has 2 atom stereocenters. The predicted molar refractivity (Wildman–Crippen MR) is 96.2 cm³/mol. The molecular formula is C21H24FNO2. The van der Waals surface area contributed by atoms with Gasteiger partial charge in [-0.1, -0.05) is 31.2 Å². The minimum atomic E-state index is -0.269. The molecule has 1 aliphatic heterocycles. The Morgan fingerprint density at radius 2 is 1.76 bits per heavy atom. The van der Waals surface area contributed by atoms with E-state index >= 15 is 0 Å². The molecule has 0 aromatic heterocycles. The van der Waals surface area contributed by atoms with E-state index in [9.17, 15) is 9.18 Å². The highest BCUT2D eigenvalue weighted by atomic mass is 19.1. The van der Waals surface area contributed by atoms with E-state index in [0.29, 0.717) is 6.54 Å². The third-order valence-electron chi connectivity index (χ3n) is 5.00. The van der Waals surface area contributed by atoms with Crippen molar-refractivity contribution in [2.75, 3.05) is 20.2 Å². The number of piperidine rings is 1. The molecule has 0 aliphatic carbocycles. The van der Waals surface area contributed by atoms with Crippen LogP contribution in [0.2, 0.25) is 0 Å². The fourth-order valence-electron chi connectivity index (χ4n) is 3.52. The molecule has 1 heterocycles. The van der Waals surface area contributed by atoms with Crippen LogP contribution in [0.3, 0.4) is 0 Å². The first-order valence-corrected chi connectivity index (χ1v) is 8.75. The summed E-state index contributed by atoms with van der Waals surface area (Å²) in [6.07, 6.45) is 0.829.